The van der Waals surface area contributed by atoms with Gasteiger partial charge in [-0.2, -0.15) is 0 Å². The van der Waals surface area contributed by atoms with E-state index in [1.807, 2.05) is 6.92 Å². The number of rotatable bonds is 11. The Hall–Kier alpha value is -2.42. The zero-order valence-corrected chi connectivity index (χ0v) is 20.4. The molecule has 1 aliphatic rings. The van der Waals surface area contributed by atoms with Crippen LogP contribution in [0.2, 0.25) is 0 Å². The van der Waals surface area contributed by atoms with E-state index in [4.69, 9.17) is 15.2 Å². The molecule has 182 valence electrons. The largest absolute Gasteiger partial charge is 0.383 e. The van der Waals surface area contributed by atoms with Gasteiger partial charge in [0.05, 0.1) is 25.6 Å². The van der Waals surface area contributed by atoms with Gasteiger partial charge in [0, 0.05) is 33.3 Å². The van der Waals surface area contributed by atoms with Crippen LogP contribution in [0, 0.1) is 0 Å². The minimum atomic E-state index is -0.703. The maximum atomic E-state index is 13.1. The topological polar surface area (TPSA) is 149 Å². The summed E-state index contributed by atoms with van der Waals surface area (Å²) in [6.07, 6.45) is 1.55. The molecular weight excluding hydrogens is 470 g/mol. The van der Waals surface area contributed by atoms with E-state index in [0.29, 0.717) is 30.5 Å². The summed E-state index contributed by atoms with van der Waals surface area (Å²) in [5.41, 5.74) is 4.86. The molecular formula is C19H29N7O5S2. The first-order valence-electron chi connectivity index (χ1n) is 10.7. The van der Waals surface area contributed by atoms with E-state index in [-0.39, 0.29) is 36.3 Å². The fourth-order valence-electron chi connectivity index (χ4n) is 3.26. The number of carbonyl (C=O) groups excluding carboxylic acids is 1. The number of carbonyl (C=O) groups is 1. The average molecular weight is 500 g/mol. The van der Waals surface area contributed by atoms with E-state index in [1.165, 1.54) is 39.7 Å². The minimum absolute atomic E-state index is 0.0222. The third kappa shape index (κ3) is 6.34. The fraction of sp³-hybridized carbons (Fsp3) is 0.632. The second kappa shape index (κ2) is 12.2. The van der Waals surface area contributed by atoms with Gasteiger partial charge in [0.1, 0.15) is 5.82 Å². The Morgan fingerprint density at radius 2 is 2.09 bits per heavy atom. The van der Waals surface area contributed by atoms with Crippen LogP contribution in [0.4, 0.5) is 16.6 Å². The average Bonchev–Trinajstić information content (AvgIpc) is 3.29. The van der Waals surface area contributed by atoms with Gasteiger partial charge in [-0.25, -0.2) is 4.79 Å². The zero-order valence-electron chi connectivity index (χ0n) is 18.7. The Balaban J connectivity index is 1.77. The highest BCUT2D eigenvalue weighted by Gasteiger charge is 2.25. The van der Waals surface area contributed by atoms with Gasteiger partial charge < -0.3 is 25.0 Å². The van der Waals surface area contributed by atoms with Crippen LogP contribution >= 0.6 is 23.1 Å². The number of H-pyrrole nitrogens is 1. The van der Waals surface area contributed by atoms with Crippen LogP contribution in [0.15, 0.2) is 13.9 Å². The van der Waals surface area contributed by atoms with Gasteiger partial charge in [-0.05, 0) is 6.42 Å². The number of aromatic amines is 1. The smallest absolute Gasteiger partial charge is 0.330 e. The molecule has 14 heteroatoms. The maximum Gasteiger partial charge on any atom is 0.330 e. The molecule has 12 nitrogen and oxygen atoms in total. The number of methoxy groups -OCH3 is 1. The van der Waals surface area contributed by atoms with Crippen molar-refractivity contribution < 1.29 is 14.3 Å². The molecule has 33 heavy (non-hydrogen) atoms. The van der Waals surface area contributed by atoms with Gasteiger partial charge in [0.2, 0.25) is 11.0 Å². The Morgan fingerprint density at radius 1 is 1.33 bits per heavy atom. The van der Waals surface area contributed by atoms with E-state index >= 15 is 0 Å². The number of nitrogens with zero attached hydrogens (tertiary/aromatic N) is 5. The molecule has 0 aliphatic carbocycles. The van der Waals surface area contributed by atoms with Gasteiger partial charge in [0.15, 0.2) is 10.0 Å². The SMILES string of the molecule is CCCCn1c(N)c(N(CCOC)C(=O)CSc2nnc(N3CCOCC3)s2)c(=O)[nH]c1=O. The van der Waals surface area contributed by atoms with Crippen molar-refractivity contribution in [2.45, 2.75) is 30.6 Å². The molecule has 1 amide bonds. The molecule has 0 radical (unpaired) electrons. The van der Waals surface area contributed by atoms with Gasteiger partial charge in [-0.15, -0.1) is 10.2 Å². The highest BCUT2D eigenvalue weighted by molar-refractivity contribution is 8.01. The Kier molecular flexibility index (Phi) is 9.29. The number of morpholine rings is 1. The first-order chi connectivity index (χ1) is 16.0. The number of nitrogens with one attached hydrogen (secondary N) is 1. The Bertz CT molecular complexity index is 1050. The van der Waals surface area contributed by atoms with Crippen molar-refractivity contribution in [1.29, 1.82) is 0 Å². The Labute approximate surface area is 199 Å². The molecule has 0 aromatic carbocycles. The lowest BCUT2D eigenvalue weighted by molar-refractivity contribution is -0.116. The summed E-state index contributed by atoms with van der Waals surface area (Å²) in [5.74, 6) is -0.357. The van der Waals surface area contributed by atoms with E-state index in [1.54, 1.807) is 0 Å². The number of nitrogens with two attached hydrogens (primary N) is 1. The highest BCUT2D eigenvalue weighted by Crippen LogP contribution is 2.29. The summed E-state index contributed by atoms with van der Waals surface area (Å²) in [6.45, 7) is 5.43. The molecule has 3 rings (SSSR count). The monoisotopic (exact) mass is 499 g/mol. The number of hydrogen-bond acceptors (Lipinski definition) is 11. The highest BCUT2D eigenvalue weighted by atomic mass is 32.2. The minimum Gasteiger partial charge on any atom is -0.383 e. The number of nitrogen functional groups attached to an aromatic ring is 1. The predicted molar refractivity (Wildman–Crippen MR) is 129 cm³/mol. The molecule has 2 aromatic rings. The van der Waals surface area contributed by atoms with Gasteiger partial charge in [-0.1, -0.05) is 36.4 Å². The summed E-state index contributed by atoms with van der Waals surface area (Å²) in [5, 5.41) is 9.16. The predicted octanol–water partition coefficient (Wildman–Crippen LogP) is 0.379. The summed E-state index contributed by atoms with van der Waals surface area (Å²) in [7, 11) is 1.50. The third-order valence-electron chi connectivity index (χ3n) is 5.04. The van der Waals surface area contributed by atoms with Crippen LogP contribution < -0.4 is 26.8 Å². The number of amides is 1. The third-order valence-corrected chi connectivity index (χ3v) is 7.14. The van der Waals surface area contributed by atoms with Crippen molar-refractivity contribution in [3.05, 3.63) is 20.8 Å². The van der Waals surface area contributed by atoms with E-state index in [9.17, 15) is 14.4 Å². The van der Waals surface area contributed by atoms with Crippen LogP contribution in [-0.4, -0.2) is 78.0 Å². The van der Waals surface area contributed by atoms with E-state index in [2.05, 4.69) is 20.1 Å². The van der Waals surface area contributed by atoms with E-state index < -0.39 is 11.2 Å². The molecule has 1 aliphatic heterocycles. The van der Waals surface area contributed by atoms with Gasteiger partial charge in [-0.3, -0.25) is 19.1 Å². The number of hydrogen-bond donors (Lipinski definition) is 2. The summed E-state index contributed by atoms with van der Waals surface area (Å²) in [4.78, 5) is 43.6. The molecule has 0 saturated carbocycles. The molecule has 0 spiro atoms. The number of anilines is 3. The molecule has 1 saturated heterocycles. The summed E-state index contributed by atoms with van der Waals surface area (Å²) in [6, 6.07) is 0. The number of ether oxygens (including phenoxy) is 2. The molecule has 1 fully saturated rings. The first-order valence-corrected chi connectivity index (χ1v) is 12.5. The van der Waals surface area contributed by atoms with Crippen LogP contribution in [0.3, 0.4) is 0 Å². The van der Waals surface area contributed by atoms with Crippen molar-refractivity contribution in [1.82, 2.24) is 19.7 Å². The molecule has 3 heterocycles. The molecule has 0 bridgehead atoms. The quantitative estimate of drug-likeness (QED) is 0.416. The number of unbranched alkanes of at least 4 members (excludes halogenated alkanes) is 1. The normalized spacial score (nSPS) is 13.9. The second-order valence-electron chi connectivity index (χ2n) is 7.28. The lowest BCUT2D eigenvalue weighted by atomic mass is 10.3. The van der Waals surface area contributed by atoms with Gasteiger partial charge >= 0.3 is 5.69 Å². The molecule has 3 N–H and O–H groups in total. The Morgan fingerprint density at radius 3 is 2.79 bits per heavy atom. The molecule has 0 unspecified atom stereocenters. The molecule has 0 atom stereocenters. The number of thioether (sulfide) groups is 1. The molecule has 2 aromatic heterocycles. The van der Waals surface area contributed by atoms with Crippen molar-refractivity contribution in [3.8, 4) is 0 Å². The van der Waals surface area contributed by atoms with Crippen LogP contribution in [-0.2, 0) is 20.8 Å². The maximum absolute atomic E-state index is 13.1. The van der Waals surface area contributed by atoms with Crippen molar-refractivity contribution >= 4 is 45.6 Å². The summed E-state index contributed by atoms with van der Waals surface area (Å²) >= 11 is 2.64. The second-order valence-corrected chi connectivity index (χ2v) is 9.45. The zero-order chi connectivity index (χ0) is 23.8. The fourth-order valence-corrected chi connectivity index (χ4v) is 5.03. The number of aromatic nitrogens is 4. The van der Waals surface area contributed by atoms with Crippen LogP contribution in [0.25, 0.3) is 0 Å². The summed E-state index contributed by atoms with van der Waals surface area (Å²) < 4.78 is 12.4. The lowest BCUT2D eigenvalue weighted by Gasteiger charge is -2.25. The lowest BCUT2D eigenvalue weighted by Crippen LogP contribution is -2.43. The van der Waals surface area contributed by atoms with Gasteiger partial charge in [0.25, 0.3) is 5.56 Å². The van der Waals surface area contributed by atoms with Crippen LogP contribution in [0.5, 0.6) is 0 Å². The first kappa shape index (κ1) is 25.2. The van der Waals surface area contributed by atoms with Crippen LogP contribution in [0.1, 0.15) is 19.8 Å². The van der Waals surface area contributed by atoms with Crippen molar-refractivity contribution in [3.63, 3.8) is 0 Å². The standard InChI is InChI=1S/C19H29N7O5S2/c1-3-4-5-26-15(20)14(16(28)21-17(26)29)25(8-9-30-2)13(27)12-32-19-23-22-18(33-19)24-6-10-31-11-7-24/h3-12,20H2,1-2H3,(H,21,28,29). The van der Waals surface area contributed by atoms with Crippen molar-refractivity contribution in [2.75, 3.05) is 67.9 Å². The van der Waals surface area contributed by atoms with Crippen molar-refractivity contribution in [2.24, 2.45) is 0 Å². The van der Waals surface area contributed by atoms with E-state index in [0.717, 1.165) is 24.6 Å².